The van der Waals surface area contributed by atoms with Gasteiger partial charge in [0.15, 0.2) is 16.7 Å². The van der Waals surface area contributed by atoms with Gasteiger partial charge in [0, 0.05) is 43.6 Å². The van der Waals surface area contributed by atoms with Gasteiger partial charge in [0.2, 0.25) is 0 Å². The van der Waals surface area contributed by atoms with Crippen molar-refractivity contribution in [3.63, 3.8) is 0 Å². The van der Waals surface area contributed by atoms with Gasteiger partial charge in [-0.15, -0.1) is 0 Å². The predicted octanol–water partition coefficient (Wildman–Crippen LogP) is 5.22. The van der Waals surface area contributed by atoms with Crippen LogP contribution < -0.4 is 19.7 Å². The lowest BCUT2D eigenvalue weighted by atomic mass is 9.99. The van der Waals surface area contributed by atoms with Crippen molar-refractivity contribution in [1.29, 1.82) is 0 Å². The van der Waals surface area contributed by atoms with Crippen molar-refractivity contribution in [3.8, 4) is 11.5 Å². The molecule has 2 aromatic carbocycles. The molecular weight excluding hydrogens is 546 g/mol. The summed E-state index contributed by atoms with van der Waals surface area (Å²) in [6.07, 6.45) is 4.69. The lowest BCUT2D eigenvalue weighted by Crippen LogP contribution is -2.37. The number of hydrogen-bond donors (Lipinski definition) is 1. The second-order valence-electron chi connectivity index (χ2n) is 10.1. The third kappa shape index (κ3) is 7.19. The van der Waals surface area contributed by atoms with Gasteiger partial charge in [-0.2, -0.15) is 0 Å². The number of anilines is 1. The van der Waals surface area contributed by atoms with Gasteiger partial charge in [-0.05, 0) is 73.3 Å². The highest BCUT2D eigenvalue weighted by atomic mass is 35.5. The average molecular weight is 582 g/mol. The Kier molecular flexibility index (Phi) is 9.67. The zero-order valence-corrected chi connectivity index (χ0v) is 24.7. The van der Waals surface area contributed by atoms with E-state index in [-0.39, 0.29) is 5.91 Å². The van der Waals surface area contributed by atoms with Crippen molar-refractivity contribution in [2.45, 2.75) is 43.1 Å². The van der Waals surface area contributed by atoms with Gasteiger partial charge in [0.1, 0.15) is 11.0 Å². The first kappa shape index (κ1) is 28.5. The SMILES string of the molecule is COc1cc2c(cc1OC)CN(c1cc(Cl)nc(SCc3cccc(C(=O)NCCN4CCCCC4)c3)n1)CC2. The zero-order valence-electron chi connectivity index (χ0n) is 23.1. The number of benzene rings is 2. The molecule has 0 unspecified atom stereocenters. The highest BCUT2D eigenvalue weighted by molar-refractivity contribution is 7.98. The Morgan fingerprint density at radius 3 is 2.55 bits per heavy atom. The molecule has 1 fully saturated rings. The maximum Gasteiger partial charge on any atom is 0.251 e. The van der Waals surface area contributed by atoms with Crippen LogP contribution in [0.4, 0.5) is 5.82 Å². The minimum absolute atomic E-state index is 0.0372. The number of nitrogens with zero attached hydrogens (tertiary/aromatic N) is 4. The first-order valence-electron chi connectivity index (χ1n) is 13.8. The number of halogens is 1. The van der Waals surface area contributed by atoms with Gasteiger partial charge in [-0.1, -0.05) is 41.9 Å². The van der Waals surface area contributed by atoms with E-state index in [1.54, 1.807) is 14.2 Å². The molecule has 1 N–H and O–H groups in total. The number of thioether (sulfide) groups is 1. The summed E-state index contributed by atoms with van der Waals surface area (Å²) < 4.78 is 11.0. The van der Waals surface area contributed by atoms with E-state index in [9.17, 15) is 4.79 Å². The summed E-state index contributed by atoms with van der Waals surface area (Å²) in [5.41, 5.74) is 4.13. The molecule has 5 rings (SSSR count). The number of carbonyl (C=O) groups is 1. The number of ether oxygens (including phenoxy) is 2. The molecule has 3 aromatic rings. The molecule has 0 spiro atoms. The third-order valence-electron chi connectivity index (χ3n) is 7.42. The van der Waals surface area contributed by atoms with Gasteiger partial charge < -0.3 is 24.6 Å². The number of aromatic nitrogens is 2. The summed E-state index contributed by atoms with van der Waals surface area (Å²) in [4.78, 5) is 26.6. The summed E-state index contributed by atoms with van der Waals surface area (Å²) in [5.74, 6) is 2.86. The first-order valence-corrected chi connectivity index (χ1v) is 15.1. The van der Waals surface area contributed by atoms with E-state index in [0.29, 0.717) is 34.7 Å². The van der Waals surface area contributed by atoms with Crippen molar-refractivity contribution in [2.75, 3.05) is 51.8 Å². The van der Waals surface area contributed by atoms with E-state index in [0.717, 1.165) is 55.5 Å². The summed E-state index contributed by atoms with van der Waals surface area (Å²) in [5, 5.41) is 4.09. The summed E-state index contributed by atoms with van der Waals surface area (Å²) in [6, 6.07) is 13.7. The molecule has 3 heterocycles. The lowest BCUT2D eigenvalue weighted by molar-refractivity contribution is 0.0946. The van der Waals surface area contributed by atoms with Crippen LogP contribution in [0.1, 0.15) is 46.3 Å². The molecule has 1 amide bonds. The topological polar surface area (TPSA) is 79.8 Å². The van der Waals surface area contributed by atoms with E-state index in [4.69, 9.17) is 26.1 Å². The number of likely N-dealkylation sites (tertiary alicyclic amines) is 1. The highest BCUT2D eigenvalue weighted by Crippen LogP contribution is 2.35. The van der Waals surface area contributed by atoms with Gasteiger partial charge in [-0.3, -0.25) is 4.79 Å². The lowest BCUT2D eigenvalue weighted by Gasteiger charge is -2.30. The number of amides is 1. The summed E-state index contributed by atoms with van der Waals surface area (Å²) in [6.45, 7) is 5.34. The van der Waals surface area contributed by atoms with Crippen molar-refractivity contribution in [2.24, 2.45) is 0 Å². The molecule has 0 atom stereocenters. The van der Waals surface area contributed by atoms with Gasteiger partial charge in [0.25, 0.3) is 5.91 Å². The normalized spacial score (nSPS) is 15.4. The first-order chi connectivity index (χ1) is 19.5. The van der Waals surface area contributed by atoms with E-state index in [2.05, 4.69) is 26.2 Å². The molecule has 10 heteroatoms. The minimum atomic E-state index is -0.0372. The third-order valence-corrected chi connectivity index (χ3v) is 8.53. The molecule has 1 saturated heterocycles. The molecule has 2 aliphatic heterocycles. The smallest absolute Gasteiger partial charge is 0.251 e. The van der Waals surface area contributed by atoms with Crippen molar-refractivity contribution in [3.05, 3.63) is 69.9 Å². The molecule has 212 valence electrons. The van der Waals surface area contributed by atoms with Crippen LogP contribution in [-0.4, -0.2) is 67.7 Å². The van der Waals surface area contributed by atoms with E-state index in [1.807, 2.05) is 36.4 Å². The molecule has 0 radical (unpaired) electrons. The Hall–Kier alpha value is -3.01. The van der Waals surface area contributed by atoms with Crippen LogP contribution in [0.3, 0.4) is 0 Å². The molecule has 2 aliphatic rings. The van der Waals surface area contributed by atoms with Gasteiger partial charge in [-0.25, -0.2) is 9.97 Å². The van der Waals surface area contributed by atoms with Crippen LogP contribution in [0.2, 0.25) is 5.15 Å². The van der Waals surface area contributed by atoms with Crippen LogP contribution in [0, 0.1) is 0 Å². The minimum Gasteiger partial charge on any atom is -0.493 e. The maximum absolute atomic E-state index is 12.7. The molecule has 0 aliphatic carbocycles. The predicted molar refractivity (Wildman–Crippen MR) is 160 cm³/mol. The Morgan fingerprint density at radius 2 is 1.77 bits per heavy atom. The molecular formula is C30H36ClN5O3S. The van der Waals surface area contributed by atoms with Crippen LogP contribution in [0.25, 0.3) is 0 Å². The van der Waals surface area contributed by atoms with Crippen molar-refractivity contribution in [1.82, 2.24) is 20.2 Å². The number of hydrogen-bond acceptors (Lipinski definition) is 8. The number of nitrogens with one attached hydrogen (secondary N) is 1. The Labute approximate surface area is 245 Å². The molecule has 0 bridgehead atoms. The number of rotatable bonds is 10. The Bertz CT molecular complexity index is 1330. The average Bonchev–Trinajstić information content (AvgIpc) is 2.99. The standard InChI is InChI=1S/C30H36ClN5O3S/c1-38-25-16-22-9-13-36(19-24(22)17-26(25)39-2)28-18-27(31)33-30(34-28)40-20-21-7-6-8-23(15-21)29(37)32-10-14-35-11-4-3-5-12-35/h6-8,15-18H,3-5,9-14,19-20H2,1-2H3,(H,32,37). The van der Waals surface area contributed by atoms with Crippen LogP contribution in [0.5, 0.6) is 11.5 Å². The zero-order chi connectivity index (χ0) is 27.9. The number of piperidine rings is 1. The molecule has 40 heavy (non-hydrogen) atoms. The van der Waals surface area contributed by atoms with E-state index in [1.165, 1.54) is 42.2 Å². The fraction of sp³-hybridized carbons (Fsp3) is 0.433. The molecule has 8 nitrogen and oxygen atoms in total. The number of methoxy groups -OCH3 is 2. The molecule has 0 saturated carbocycles. The summed E-state index contributed by atoms with van der Waals surface area (Å²) >= 11 is 7.94. The quantitative estimate of drug-likeness (QED) is 0.198. The largest absolute Gasteiger partial charge is 0.493 e. The second kappa shape index (κ2) is 13.6. The monoisotopic (exact) mass is 581 g/mol. The van der Waals surface area contributed by atoms with Crippen molar-refractivity contribution >= 4 is 35.1 Å². The van der Waals surface area contributed by atoms with Crippen molar-refractivity contribution < 1.29 is 14.3 Å². The second-order valence-corrected chi connectivity index (χ2v) is 11.5. The Morgan fingerprint density at radius 1 is 1.00 bits per heavy atom. The Balaban J connectivity index is 1.20. The van der Waals surface area contributed by atoms with E-state index >= 15 is 0 Å². The van der Waals surface area contributed by atoms with Crippen LogP contribution in [0.15, 0.2) is 47.6 Å². The van der Waals surface area contributed by atoms with Crippen LogP contribution in [-0.2, 0) is 18.7 Å². The molecule has 1 aromatic heterocycles. The fourth-order valence-corrected chi connectivity index (χ4v) is 6.28. The summed E-state index contributed by atoms with van der Waals surface area (Å²) in [7, 11) is 3.31. The fourth-order valence-electron chi connectivity index (χ4n) is 5.25. The highest BCUT2D eigenvalue weighted by Gasteiger charge is 2.21. The van der Waals surface area contributed by atoms with E-state index < -0.39 is 0 Å². The number of carbonyl (C=O) groups excluding carboxylic acids is 1. The maximum atomic E-state index is 12.7. The van der Waals surface area contributed by atoms with Gasteiger partial charge >= 0.3 is 0 Å². The van der Waals surface area contributed by atoms with Crippen LogP contribution >= 0.6 is 23.4 Å². The van der Waals surface area contributed by atoms with Gasteiger partial charge in [0.05, 0.1) is 14.2 Å². The number of fused-ring (bicyclic) bond motifs is 1.